The molecule has 0 heterocycles. The second kappa shape index (κ2) is 4.78. The van der Waals surface area contributed by atoms with Crippen molar-refractivity contribution in [3.05, 3.63) is 29.6 Å². The van der Waals surface area contributed by atoms with E-state index >= 15 is 0 Å². The molecule has 0 bridgehead atoms. The van der Waals surface area contributed by atoms with Crippen LogP contribution in [-0.2, 0) is 10.0 Å². The minimum atomic E-state index is -4.03. The molecule has 2 fully saturated rings. The fourth-order valence-electron chi connectivity index (χ4n) is 2.74. The van der Waals surface area contributed by atoms with E-state index in [1.54, 1.807) is 0 Å². The Kier molecular flexibility index (Phi) is 3.29. The first-order valence-electron chi connectivity index (χ1n) is 6.87. The lowest BCUT2D eigenvalue weighted by molar-refractivity contribution is 0.0696. The van der Waals surface area contributed by atoms with Gasteiger partial charge in [-0.05, 0) is 55.2 Å². The van der Waals surface area contributed by atoms with Crippen LogP contribution in [0.5, 0.6) is 0 Å². The summed E-state index contributed by atoms with van der Waals surface area (Å²) in [7, 11) is -4.03. The molecule has 0 saturated heterocycles. The van der Waals surface area contributed by atoms with E-state index in [0.29, 0.717) is 12.5 Å². The van der Waals surface area contributed by atoms with Gasteiger partial charge in [0, 0.05) is 6.54 Å². The van der Waals surface area contributed by atoms with E-state index in [-0.39, 0.29) is 11.0 Å². The van der Waals surface area contributed by atoms with Gasteiger partial charge in [0.1, 0.15) is 10.7 Å². The summed E-state index contributed by atoms with van der Waals surface area (Å²) >= 11 is 0. The molecule has 2 aliphatic carbocycles. The molecule has 3 rings (SSSR count). The maximum Gasteiger partial charge on any atom is 0.335 e. The maximum absolute atomic E-state index is 13.7. The number of nitrogens with one attached hydrogen (secondary N) is 1. The summed E-state index contributed by atoms with van der Waals surface area (Å²) in [5.74, 6) is -1.65. The lowest BCUT2D eigenvalue weighted by Gasteiger charge is -2.15. The zero-order valence-corrected chi connectivity index (χ0v) is 12.1. The summed E-state index contributed by atoms with van der Waals surface area (Å²) in [5.41, 5.74) is -0.200. The Morgan fingerprint density at radius 2 is 2.05 bits per heavy atom. The molecule has 1 aromatic carbocycles. The number of benzene rings is 1. The van der Waals surface area contributed by atoms with Gasteiger partial charge in [0.25, 0.3) is 0 Å². The lowest BCUT2D eigenvalue weighted by atomic mass is 10.0. The van der Waals surface area contributed by atoms with Crippen LogP contribution in [0.15, 0.2) is 23.1 Å². The molecule has 2 N–H and O–H groups in total. The molecule has 5 nitrogen and oxygen atoms in total. The third-order valence-electron chi connectivity index (χ3n) is 4.42. The van der Waals surface area contributed by atoms with E-state index in [9.17, 15) is 17.6 Å². The number of hydrogen-bond donors (Lipinski definition) is 2. The van der Waals surface area contributed by atoms with Gasteiger partial charge < -0.3 is 5.11 Å². The summed E-state index contributed by atoms with van der Waals surface area (Å²) in [5, 5.41) is 8.88. The summed E-state index contributed by atoms with van der Waals surface area (Å²) in [6, 6.07) is 2.77. The van der Waals surface area contributed by atoms with Gasteiger partial charge in [-0.1, -0.05) is 0 Å². The number of rotatable bonds is 6. The van der Waals surface area contributed by atoms with Crippen molar-refractivity contribution < 1.29 is 22.7 Å². The van der Waals surface area contributed by atoms with Crippen molar-refractivity contribution in [2.75, 3.05) is 6.54 Å². The Balaban J connectivity index is 1.81. The predicted octanol–water partition coefficient (Wildman–Crippen LogP) is 1.99. The summed E-state index contributed by atoms with van der Waals surface area (Å²) in [4.78, 5) is 10.3. The number of sulfonamides is 1. The molecule has 0 amide bonds. The molecule has 0 radical (unpaired) electrons. The molecule has 2 aliphatic rings. The van der Waals surface area contributed by atoms with Crippen LogP contribution in [0.3, 0.4) is 0 Å². The highest BCUT2D eigenvalue weighted by Gasteiger charge is 2.53. The fourth-order valence-corrected chi connectivity index (χ4v) is 3.98. The summed E-state index contributed by atoms with van der Waals surface area (Å²) in [6.07, 6.45) is 4.25. The van der Waals surface area contributed by atoms with Crippen LogP contribution in [0.2, 0.25) is 0 Å². The van der Waals surface area contributed by atoms with Gasteiger partial charge in [-0.2, -0.15) is 0 Å². The van der Waals surface area contributed by atoms with Crippen molar-refractivity contribution >= 4 is 16.0 Å². The minimum absolute atomic E-state index is 0.0496. The quantitative estimate of drug-likeness (QED) is 0.841. The first kappa shape index (κ1) is 14.5. The molecule has 7 heteroatoms. The Bertz CT molecular complexity index is 693. The number of hydrogen-bond acceptors (Lipinski definition) is 3. The number of halogens is 1. The van der Waals surface area contributed by atoms with Gasteiger partial charge in [-0.25, -0.2) is 22.3 Å². The summed E-state index contributed by atoms with van der Waals surface area (Å²) in [6.45, 7) is 0.302. The zero-order valence-electron chi connectivity index (χ0n) is 11.3. The highest BCUT2D eigenvalue weighted by atomic mass is 32.2. The van der Waals surface area contributed by atoms with Crippen LogP contribution in [-0.4, -0.2) is 26.0 Å². The van der Waals surface area contributed by atoms with E-state index in [2.05, 4.69) is 4.72 Å². The number of carboxylic acids is 1. The average Bonchev–Trinajstić information content (AvgIpc) is 3.28. The van der Waals surface area contributed by atoms with Gasteiger partial charge in [-0.3, -0.25) is 0 Å². The molecule has 21 heavy (non-hydrogen) atoms. The molecule has 0 aromatic heterocycles. The molecule has 0 spiro atoms. The van der Waals surface area contributed by atoms with Crippen LogP contribution in [0.25, 0.3) is 0 Å². The van der Waals surface area contributed by atoms with Crippen LogP contribution in [0, 0.1) is 17.2 Å². The molecule has 0 aliphatic heterocycles. The number of carboxylic acid groups (broad SMARTS) is 1. The second-order valence-electron chi connectivity index (χ2n) is 5.91. The van der Waals surface area contributed by atoms with Crippen LogP contribution >= 0.6 is 0 Å². The van der Waals surface area contributed by atoms with Crippen LogP contribution in [0.4, 0.5) is 4.39 Å². The topological polar surface area (TPSA) is 83.5 Å². The first-order chi connectivity index (χ1) is 9.84. The van der Waals surface area contributed by atoms with Gasteiger partial charge in [0.2, 0.25) is 10.0 Å². The molecule has 0 atom stereocenters. The van der Waals surface area contributed by atoms with Crippen molar-refractivity contribution in [3.63, 3.8) is 0 Å². The SMILES string of the molecule is O=C(O)c1ccc(F)c(S(=O)(=O)NCC2(C3CC3)CC2)c1. The fraction of sp³-hybridized carbons (Fsp3) is 0.500. The van der Waals surface area contributed by atoms with Crippen molar-refractivity contribution in [1.29, 1.82) is 0 Å². The van der Waals surface area contributed by atoms with E-state index in [1.165, 1.54) is 0 Å². The zero-order chi connectivity index (χ0) is 15.3. The molecule has 2 saturated carbocycles. The molecule has 114 valence electrons. The highest BCUT2D eigenvalue weighted by molar-refractivity contribution is 7.89. The monoisotopic (exact) mass is 313 g/mol. The normalized spacial score (nSPS) is 20.2. The molecule has 0 unspecified atom stereocenters. The van der Waals surface area contributed by atoms with Crippen molar-refractivity contribution in [2.24, 2.45) is 11.3 Å². The lowest BCUT2D eigenvalue weighted by Crippen LogP contribution is -2.32. The Morgan fingerprint density at radius 1 is 1.38 bits per heavy atom. The van der Waals surface area contributed by atoms with Crippen molar-refractivity contribution in [1.82, 2.24) is 4.72 Å². The smallest absolute Gasteiger partial charge is 0.335 e. The molecule has 1 aromatic rings. The van der Waals surface area contributed by atoms with Gasteiger partial charge >= 0.3 is 5.97 Å². The highest BCUT2D eigenvalue weighted by Crippen LogP contribution is 2.60. The average molecular weight is 313 g/mol. The minimum Gasteiger partial charge on any atom is -0.478 e. The maximum atomic E-state index is 13.7. The van der Waals surface area contributed by atoms with E-state index in [4.69, 9.17) is 5.11 Å². The summed E-state index contributed by atoms with van der Waals surface area (Å²) < 4.78 is 40.6. The second-order valence-corrected chi connectivity index (χ2v) is 7.65. The molecular weight excluding hydrogens is 297 g/mol. The third kappa shape index (κ3) is 2.80. The Morgan fingerprint density at radius 3 is 2.57 bits per heavy atom. The standard InChI is InChI=1S/C14H16FNO4S/c15-11-4-1-9(13(17)18)7-12(11)21(19,20)16-8-14(5-6-14)10-2-3-10/h1,4,7,10,16H,2-3,5-6,8H2,(H,17,18). The largest absolute Gasteiger partial charge is 0.478 e. The van der Waals surface area contributed by atoms with Gasteiger partial charge in [0.15, 0.2) is 0 Å². The molecular formula is C14H16FNO4S. The predicted molar refractivity (Wildman–Crippen MR) is 72.9 cm³/mol. The van der Waals surface area contributed by atoms with Crippen LogP contribution in [0.1, 0.15) is 36.0 Å². The number of carbonyl (C=O) groups is 1. The number of aromatic carboxylic acids is 1. The van der Waals surface area contributed by atoms with Gasteiger partial charge in [-0.15, -0.1) is 0 Å². The van der Waals surface area contributed by atoms with E-state index < -0.39 is 26.7 Å². The van der Waals surface area contributed by atoms with E-state index in [0.717, 1.165) is 43.9 Å². The van der Waals surface area contributed by atoms with Crippen LogP contribution < -0.4 is 4.72 Å². The van der Waals surface area contributed by atoms with Crippen molar-refractivity contribution in [3.8, 4) is 0 Å². The van der Waals surface area contributed by atoms with Crippen molar-refractivity contribution in [2.45, 2.75) is 30.6 Å². The first-order valence-corrected chi connectivity index (χ1v) is 8.35. The third-order valence-corrected chi connectivity index (χ3v) is 5.83. The Hall–Kier alpha value is -1.47. The van der Waals surface area contributed by atoms with Gasteiger partial charge in [0.05, 0.1) is 5.56 Å². The Labute approximate surface area is 122 Å². The van der Waals surface area contributed by atoms with E-state index in [1.807, 2.05) is 0 Å².